The summed E-state index contributed by atoms with van der Waals surface area (Å²) in [5.74, 6) is 0.517. The number of aromatic nitrogens is 1. The Hall–Kier alpha value is -1.28. The third-order valence-electron chi connectivity index (χ3n) is 4.93. The van der Waals surface area contributed by atoms with Crippen molar-refractivity contribution in [1.29, 1.82) is 0 Å². The molecule has 7 heteroatoms. The minimum Gasteiger partial charge on any atom is -0.378 e. The quantitative estimate of drug-likeness (QED) is 0.822. The van der Waals surface area contributed by atoms with Gasteiger partial charge in [-0.1, -0.05) is 6.07 Å². The number of hydrogen-bond acceptors (Lipinski definition) is 6. The van der Waals surface area contributed by atoms with Crippen LogP contribution in [0.1, 0.15) is 18.5 Å². The maximum Gasteiger partial charge on any atom is 0.225 e. The molecule has 0 unspecified atom stereocenters. The van der Waals surface area contributed by atoms with Gasteiger partial charge in [-0.2, -0.15) is 0 Å². The molecule has 5 nitrogen and oxygen atoms in total. The normalized spacial score (nSPS) is 20.1. The Balaban J connectivity index is 1.28. The molecule has 0 bridgehead atoms. The number of thiazole rings is 1. The first-order valence-electron chi connectivity index (χ1n) is 8.87. The minimum atomic E-state index is 0.187. The summed E-state index contributed by atoms with van der Waals surface area (Å²) >= 11 is 3.46. The summed E-state index contributed by atoms with van der Waals surface area (Å²) in [4.78, 5) is 23.0. The molecule has 2 aromatic heterocycles. The number of thiophene rings is 1. The van der Waals surface area contributed by atoms with E-state index in [1.54, 1.807) is 22.7 Å². The van der Waals surface area contributed by atoms with E-state index >= 15 is 0 Å². The average molecular weight is 378 g/mol. The van der Waals surface area contributed by atoms with Crippen LogP contribution in [-0.4, -0.2) is 60.1 Å². The van der Waals surface area contributed by atoms with E-state index in [0.717, 1.165) is 56.3 Å². The fraction of sp³-hybridized carbons (Fsp3) is 0.556. The highest BCUT2D eigenvalue weighted by Crippen LogP contribution is 2.29. The lowest BCUT2D eigenvalue weighted by atomic mass is 9.95. The third kappa shape index (κ3) is 4.11. The van der Waals surface area contributed by atoms with Crippen LogP contribution in [0.25, 0.3) is 9.88 Å². The van der Waals surface area contributed by atoms with E-state index in [2.05, 4.69) is 27.8 Å². The van der Waals surface area contributed by atoms with Gasteiger partial charge in [-0.25, -0.2) is 4.98 Å². The van der Waals surface area contributed by atoms with Crippen molar-refractivity contribution in [1.82, 2.24) is 14.8 Å². The third-order valence-corrected chi connectivity index (χ3v) is 6.86. The van der Waals surface area contributed by atoms with Gasteiger partial charge in [0.25, 0.3) is 0 Å². The van der Waals surface area contributed by atoms with Crippen LogP contribution in [0.4, 0.5) is 0 Å². The summed E-state index contributed by atoms with van der Waals surface area (Å²) in [6.45, 7) is 5.72. The van der Waals surface area contributed by atoms with Crippen molar-refractivity contribution in [3.8, 4) is 9.88 Å². The number of nitrogens with zero attached hydrogens (tertiary/aromatic N) is 3. The fourth-order valence-corrected chi connectivity index (χ4v) is 5.13. The van der Waals surface area contributed by atoms with Crippen LogP contribution >= 0.6 is 22.7 Å². The SMILES string of the molecule is O=C(C1CCN(Cc2csc(-c3cccs3)n2)CC1)N1CCOCC1. The second-order valence-corrected chi connectivity index (χ2v) is 8.42. The van der Waals surface area contributed by atoms with Gasteiger partial charge in [0.1, 0.15) is 5.01 Å². The number of likely N-dealkylation sites (tertiary alicyclic amines) is 1. The molecule has 4 rings (SSSR count). The summed E-state index contributed by atoms with van der Waals surface area (Å²) in [6.07, 6.45) is 1.91. The van der Waals surface area contributed by atoms with E-state index in [0.29, 0.717) is 19.1 Å². The Morgan fingerprint density at radius 2 is 2.00 bits per heavy atom. The fourth-order valence-electron chi connectivity index (χ4n) is 3.50. The monoisotopic (exact) mass is 377 g/mol. The van der Waals surface area contributed by atoms with Crippen molar-refractivity contribution in [2.24, 2.45) is 5.92 Å². The first-order valence-corrected chi connectivity index (χ1v) is 10.6. The molecule has 4 heterocycles. The van der Waals surface area contributed by atoms with Crippen molar-refractivity contribution in [2.75, 3.05) is 39.4 Å². The van der Waals surface area contributed by atoms with E-state index in [4.69, 9.17) is 9.72 Å². The molecule has 2 aliphatic heterocycles. The summed E-state index contributed by atoms with van der Waals surface area (Å²) < 4.78 is 5.34. The maximum absolute atomic E-state index is 12.6. The van der Waals surface area contributed by atoms with Gasteiger partial charge in [-0.05, 0) is 37.4 Å². The zero-order valence-electron chi connectivity index (χ0n) is 14.2. The van der Waals surface area contributed by atoms with Gasteiger partial charge in [0.15, 0.2) is 0 Å². The molecule has 0 aromatic carbocycles. The van der Waals surface area contributed by atoms with Gasteiger partial charge in [0.05, 0.1) is 23.8 Å². The lowest BCUT2D eigenvalue weighted by Crippen LogP contribution is -2.46. The van der Waals surface area contributed by atoms with Crippen LogP contribution < -0.4 is 0 Å². The Labute approximate surface area is 156 Å². The van der Waals surface area contributed by atoms with Gasteiger partial charge in [0, 0.05) is 30.9 Å². The Bertz CT molecular complexity index is 687. The smallest absolute Gasteiger partial charge is 0.225 e. The van der Waals surface area contributed by atoms with Crippen LogP contribution in [0.3, 0.4) is 0 Å². The molecule has 0 aliphatic carbocycles. The van der Waals surface area contributed by atoms with E-state index in [1.807, 2.05) is 4.90 Å². The van der Waals surface area contributed by atoms with E-state index in [-0.39, 0.29) is 5.92 Å². The Morgan fingerprint density at radius 3 is 2.72 bits per heavy atom. The highest BCUT2D eigenvalue weighted by atomic mass is 32.1. The van der Waals surface area contributed by atoms with Crippen LogP contribution in [0.5, 0.6) is 0 Å². The second kappa shape index (κ2) is 7.95. The van der Waals surface area contributed by atoms with Crippen molar-refractivity contribution in [2.45, 2.75) is 19.4 Å². The van der Waals surface area contributed by atoms with Crippen LogP contribution in [0.2, 0.25) is 0 Å². The van der Waals surface area contributed by atoms with Gasteiger partial charge in [-0.3, -0.25) is 9.69 Å². The van der Waals surface area contributed by atoms with E-state index in [9.17, 15) is 4.79 Å². The molecule has 25 heavy (non-hydrogen) atoms. The summed E-state index contributed by atoms with van der Waals surface area (Å²) in [5.41, 5.74) is 1.14. The zero-order chi connectivity index (χ0) is 17.1. The molecule has 0 N–H and O–H groups in total. The first-order chi connectivity index (χ1) is 12.3. The van der Waals surface area contributed by atoms with Crippen molar-refractivity contribution < 1.29 is 9.53 Å². The van der Waals surface area contributed by atoms with Crippen LogP contribution in [-0.2, 0) is 16.1 Å². The molecule has 2 saturated heterocycles. The van der Waals surface area contributed by atoms with E-state index in [1.165, 1.54) is 4.88 Å². The maximum atomic E-state index is 12.6. The molecule has 2 fully saturated rings. The lowest BCUT2D eigenvalue weighted by molar-refractivity contribution is -0.141. The Kier molecular flexibility index (Phi) is 5.45. The van der Waals surface area contributed by atoms with Crippen molar-refractivity contribution >= 4 is 28.6 Å². The Morgan fingerprint density at radius 1 is 1.20 bits per heavy atom. The van der Waals surface area contributed by atoms with Crippen molar-refractivity contribution in [3.05, 3.63) is 28.6 Å². The van der Waals surface area contributed by atoms with Gasteiger partial charge < -0.3 is 9.64 Å². The molecular formula is C18H23N3O2S2. The van der Waals surface area contributed by atoms with Gasteiger partial charge >= 0.3 is 0 Å². The number of hydrogen-bond donors (Lipinski definition) is 0. The average Bonchev–Trinajstić information content (AvgIpc) is 3.34. The van der Waals surface area contributed by atoms with Crippen molar-refractivity contribution in [3.63, 3.8) is 0 Å². The molecule has 0 atom stereocenters. The zero-order valence-corrected chi connectivity index (χ0v) is 15.9. The molecule has 2 aromatic rings. The summed E-state index contributed by atoms with van der Waals surface area (Å²) in [7, 11) is 0. The number of rotatable bonds is 4. The highest BCUT2D eigenvalue weighted by molar-refractivity contribution is 7.20. The number of morpholine rings is 1. The number of piperidine rings is 1. The molecule has 134 valence electrons. The highest BCUT2D eigenvalue weighted by Gasteiger charge is 2.29. The number of amides is 1. The molecule has 1 amide bonds. The molecule has 0 radical (unpaired) electrons. The van der Waals surface area contributed by atoms with Crippen LogP contribution in [0, 0.1) is 5.92 Å². The number of carbonyl (C=O) groups is 1. The standard InChI is InChI=1S/C18H23N3O2S2/c22-18(21-7-9-23-10-8-21)14-3-5-20(6-4-14)12-15-13-25-17(19-15)16-2-1-11-24-16/h1-2,11,13-14H,3-10,12H2. The van der Waals surface area contributed by atoms with E-state index < -0.39 is 0 Å². The lowest BCUT2D eigenvalue weighted by Gasteiger charge is -2.35. The predicted molar refractivity (Wildman–Crippen MR) is 101 cm³/mol. The summed E-state index contributed by atoms with van der Waals surface area (Å²) in [5, 5.41) is 5.37. The molecule has 0 spiro atoms. The van der Waals surface area contributed by atoms with Crippen LogP contribution in [0.15, 0.2) is 22.9 Å². The molecule has 2 aliphatic rings. The predicted octanol–water partition coefficient (Wildman–Crippen LogP) is 2.94. The number of ether oxygens (including phenoxy) is 1. The second-order valence-electron chi connectivity index (χ2n) is 6.61. The topological polar surface area (TPSA) is 45.7 Å². The number of carbonyl (C=O) groups excluding carboxylic acids is 1. The molecule has 0 saturated carbocycles. The largest absolute Gasteiger partial charge is 0.378 e. The van der Waals surface area contributed by atoms with Gasteiger partial charge in [0.2, 0.25) is 5.91 Å². The minimum absolute atomic E-state index is 0.187. The van der Waals surface area contributed by atoms with Gasteiger partial charge in [-0.15, -0.1) is 22.7 Å². The first kappa shape index (κ1) is 17.1. The summed E-state index contributed by atoms with van der Waals surface area (Å²) in [6, 6.07) is 4.19. The molecular weight excluding hydrogens is 354 g/mol.